The second kappa shape index (κ2) is 3.81. The standard InChI is InChI=1S/C12H19N3/c1-10-4-5-13-8-11(10)15-7-6-14-12(2,3)9-15/h4-5,8,14H,6-7,9H2,1-3H3. The Hall–Kier alpha value is -1.09. The van der Waals surface area contributed by atoms with Crippen molar-refractivity contribution in [3.05, 3.63) is 24.0 Å². The van der Waals surface area contributed by atoms with Crippen LogP contribution in [0.15, 0.2) is 18.5 Å². The summed E-state index contributed by atoms with van der Waals surface area (Å²) < 4.78 is 0. The maximum atomic E-state index is 4.21. The first-order valence-electron chi connectivity index (χ1n) is 5.49. The lowest BCUT2D eigenvalue weighted by Crippen LogP contribution is -2.57. The molecule has 1 saturated heterocycles. The van der Waals surface area contributed by atoms with Gasteiger partial charge in [-0.1, -0.05) is 0 Å². The van der Waals surface area contributed by atoms with Crippen LogP contribution in [0.3, 0.4) is 0 Å². The van der Waals surface area contributed by atoms with Crippen LogP contribution >= 0.6 is 0 Å². The molecule has 1 aromatic heterocycles. The predicted octanol–water partition coefficient (Wildman–Crippen LogP) is 1.58. The molecule has 1 aliphatic rings. The van der Waals surface area contributed by atoms with Gasteiger partial charge < -0.3 is 10.2 Å². The molecular formula is C12H19N3. The average molecular weight is 205 g/mol. The fourth-order valence-electron chi connectivity index (χ4n) is 2.13. The second-order valence-corrected chi connectivity index (χ2v) is 4.89. The number of aromatic nitrogens is 1. The summed E-state index contributed by atoms with van der Waals surface area (Å²) in [5.41, 5.74) is 2.77. The predicted molar refractivity (Wildman–Crippen MR) is 63.3 cm³/mol. The molecule has 3 nitrogen and oxygen atoms in total. The largest absolute Gasteiger partial charge is 0.367 e. The number of pyridine rings is 1. The summed E-state index contributed by atoms with van der Waals surface area (Å²) in [5, 5.41) is 3.52. The van der Waals surface area contributed by atoms with E-state index in [0.717, 1.165) is 19.6 Å². The summed E-state index contributed by atoms with van der Waals surface area (Å²) in [6.07, 6.45) is 3.82. The van der Waals surface area contributed by atoms with Gasteiger partial charge in [-0.25, -0.2) is 0 Å². The number of hydrogen-bond acceptors (Lipinski definition) is 3. The number of rotatable bonds is 1. The van der Waals surface area contributed by atoms with Crippen LogP contribution in [0.25, 0.3) is 0 Å². The van der Waals surface area contributed by atoms with Crippen molar-refractivity contribution in [2.45, 2.75) is 26.3 Å². The summed E-state index contributed by atoms with van der Waals surface area (Å²) in [4.78, 5) is 6.62. The molecule has 1 aliphatic heterocycles. The van der Waals surface area contributed by atoms with Crippen molar-refractivity contribution in [3.8, 4) is 0 Å². The Balaban J connectivity index is 2.21. The average Bonchev–Trinajstić information content (AvgIpc) is 2.17. The van der Waals surface area contributed by atoms with Crippen LogP contribution in [0.2, 0.25) is 0 Å². The van der Waals surface area contributed by atoms with E-state index in [1.165, 1.54) is 11.3 Å². The van der Waals surface area contributed by atoms with Gasteiger partial charge in [-0.15, -0.1) is 0 Å². The van der Waals surface area contributed by atoms with E-state index in [4.69, 9.17) is 0 Å². The van der Waals surface area contributed by atoms with E-state index >= 15 is 0 Å². The summed E-state index contributed by atoms with van der Waals surface area (Å²) in [6, 6.07) is 2.07. The Kier molecular flexibility index (Phi) is 2.65. The fourth-order valence-corrected chi connectivity index (χ4v) is 2.13. The van der Waals surface area contributed by atoms with E-state index in [1.807, 2.05) is 12.4 Å². The molecule has 0 aliphatic carbocycles. The molecule has 2 rings (SSSR count). The first-order chi connectivity index (χ1) is 7.08. The zero-order chi connectivity index (χ0) is 10.9. The van der Waals surface area contributed by atoms with Crippen LogP contribution in [0.5, 0.6) is 0 Å². The summed E-state index contributed by atoms with van der Waals surface area (Å²) >= 11 is 0. The van der Waals surface area contributed by atoms with E-state index in [9.17, 15) is 0 Å². The lowest BCUT2D eigenvalue weighted by molar-refractivity contribution is 0.352. The molecular weight excluding hydrogens is 186 g/mol. The van der Waals surface area contributed by atoms with Crippen molar-refractivity contribution in [1.29, 1.82) is 0 Å². The van der Waals surface area contributed by atoms with Gasteiger partial charge in [0.05, 0.1) is 11.9 Å². The number of piperazine rings is 1. The van der Waals surface area contributed by atoms with Gasteiger partial charge >= 0.3 is 0 Å². The highest BCUT2D eigenvalue weighted by molar-refractivity contribution is 5.51. The molecule has 0 atom stereocenters. The summed E-state index contributed by atoms with van der Waals surface area (Å²) in [6.45, 7) is 9.78. The number of anilines is 1. The quantitative estimate of drug-likeness (QED) is 0.754. The molecule has 3 heteroatoms. The normalized spacial score (nSPS) is 20.3. The van der Waals surface area contributed by atoms with Gasteiger partial charge in [0.2, 0.25) is 0 Å². The van der Waals surface area contributed by atoms with Crippen molar-refractivity contribution in [2.24, 2.45) is 0 Å². The van der Waals surface area contributed by atoms with Gasteiger partial charge in [-0.2, -0.15) is 0 Å². The van der Waals surface area contributed by atoms with Crippen molar-refractivity contribution in [1.82, 2.24) is 10.3 Å². The zero-order valence-corrected chi connectivity index (χ0v) is 9.75. The van der Waals surface area contributed by atoms with Gasteiger partial charge in [0.1, 0.15) is 0 Å². The lowest BCUT2D eigenvalue weighted by atomic mass is 10.0. The highest BCUT2D eigenvalue weighted by Gasteiger charge is 2.26. The lowest BCUT2D eigenvalue weighted by Gasteiger charge is -2.40. The highest BCUT2D eigenvalue weighted by atomic mass is 15.2. The van der Waals surface area contributed by atoms with Gasteiger partial charge in [-0.3, -0.25) is 4.98 Å². The van der Waals surface area contributed by atoms with Crippen molar-refractivity contribution < 1.29 is 0 Å². The molecule has 0 spiro atoms. The topological polar surface area (TPSA) is 28.2 Å². The van der Waals surface area contributed by atoms with E-state index in [-0.39, 0.29) is 5.54 Å². The van der Waals surface area contributed by atoms with Gasteiger partial charge in [-0.05, 0) is 32.4 Å². The van der Waals surface area contributed by atoms with E-state index in [1.54, 1.807) is 0 Å². The van der Waals surface area contributed by atoms with Crippen LogP contribution in [0.1, 0.15) is 19.4 Å². The molecule has 1 fully saturated rings. The third kappa shape index (κ3) is 2.29. The van der Waals surface area contributed by atoms with E-state index in [0.29, 0.717) is 0 Å². The minimum absolute atomic E-state index is 0.195. The molecule has 0 bridgehead atoms. The third-order valence-electron chi connectivity index (χ3n) is 2.92. The van der Waals surface area contributed by atoms with Gasteiger partial charge in [0, 0.05) is 31.4 Å². The second-order valence-electron chi connectivity index (χ2n) is 4.89. The molecule has 15 heavy (non-hydrogen) atoms. The first kappa shape index (κ1) is 10.4. The first-order valence-corrected chi connectivity index (χ1v) is 5.49. The van der Waals surface area contributed by atoms with Gasteiger partial charge in [0.25, 0.3) is 0 Å². The van der Waals surface area contributed by atoms with Crippen LogP contribution in [-0.4, -0.2) is 30.2 Å². The molecule has 82 valence electrons. The number of aryl methyl sites for hydroxylation is 1. The highest BCUT2D eigenvalue weighted by Crippen LogP contribution is 2.21. The third-order valence-corrected chi connectivity index (χ3v) is 2.92. The van der Waals surface area contributed by atoms with Crippen LogP contribution in [0, 0.1) is 6.92 Å². The molecule has 0 aromatic carbocycles. The van der Waals surface area contributed by atoms with Crippen molar-refractivity contribution in [2.75, 3.05) is 24.5 Å². The Labute approximate surface area is 91.5 Å². The van der Waals surface area contributed by atoms with Crippen LogP contribution < -0.4 is 10.2 Å². The number of nitrogens with one attached hydrogen (secondary N) is 1. The van der Waals surface area contributed by atoms with Crippen molar-refractivity contribution in [3.63, 3.8) is 0 Å². The Morgan fingerprint density at radius 3 is 2.93 bits per heavy atom. The number of nitrogens with zero attached hydrogens (tertiary/aromatic N) is 2. The maximum absolute atomic E-state index is 4.21. The SMILES string of the molecule is Cc1ccncc1N1CCNC(C)(C)C1. The van der Waals surface area contributed by atoms with Crippen molar-refractivity contribution >= 4 is 5.69 Å². The zero-order valence-electron chi connectivity index (χ0n) is 9.75. The molecule has 0 radical (unpaired) electrons. The smallest absolute Gasteiger partial charge is 0.0583 e. The van der Waals surface area contributed by atoms with Gasteiger partial charge in [0.15, 0.2) is 0 Å². The minimum atomic E-state index is 0.195. The summed E-state index contributed by atoms with van der Waals surface area (Å²) in [5.74, 6) is 0. The van der Waals surface area contributed by atoms with E-state index in [2.05, 4.69) is 42.0 Å². The molecule has 0 saturated carbocycles. The maximum Gasteiger partial charge on any atom is 0.0583 e. The van der Waals surface area contributed by atoms with Crippen LogP contribution in [-0.2, 0) is 0 Å². The number of hydrogen-bond donors (Lipinski definition) is 1. The summed E-state index contributed by atoms with van der Waals surface area (Å²) in [7, 11) is 0. The molecule has 0 amide bonds. The molecule has 1 N–H and O–H groups in total. The monoisotopic (exact) mass is 205 g/mol. The minimum Gasteiger partial charge on any atom is -0.367 e. The Bertz CT molecular complexity index is 346. The molecule has 0 unspecified atom stereocenters. The Morgan fingerprint density at radius 2 is 2.27 bits per heavy atom. The van der Waals surface area contributed by atoms with Crippen LogP contribution in [0.4, 0.5) is 5.69 Å². The Morgan fingerprint density at radius 1 is 1.47 bits per heavy atom. The fraction of sp³-hybridized carbons (Fsp3) is 0.583. The molecule has 2 heterocycles. The van der Waals surface area contributed by atoms with E-state index < -0.39 is 0 Å². The molecule has 1 aromatic rings.